The Morgan fingerprint density at radius 1 is 0.429 bits per heavy atom. The van der Waals surface area contributed by atoms with Gasteiger partial charge in [-0.05, 0) is 64.7 Å². The third-order valence-electron chi connectivity index (χ3n) is 11.9. The Bertz CT molecular complexity index is 4190. The van der Waals surface area contributed by atoms with Crippen molar-refractivity contribution in [1.82, 2.24) is 19.5 Å². The second-order valence-corrected chi connectivity index (χ2v) is 16.6. The first kappa shape index (κ1) is 30.8. The van der Waals surface area contributed by atoms with Gasteiger partial charge in [0.25, 0.3) is 0 Å². The van der Waals surface area contributed by atoms with Crippen LogP contribution in [-0.2, 0) is 0 Å². The molecule has 0 aliphatic carbocycles. The fraction of sp³-hybridized carbons (Fsp3) is 0. The standard InChI is InChI=1S/C57H34N4OS/c1-4-16-35(17-5-1)38-22-14-23-39(32-38)41-26-15-27-44-46-33-40(61-48-28-12-10-24-42(48)43-30-31-50-51(52(43)61)45-25-11-13-29-49(45)62-50)34-47(54(46)63-53(41)44)57-59-55(36-18-6-2-7-19-36)58-56(60-57)37-20-8-3-9-21-37/h1-34H/i2D,6D,7D,18D,19D. The largest absolute Gasteiger partial charge is 0.456 e. The molecule has 0 radical (unpaired) electrons. The van der Waals surface area contributed by atoms with Crippen LogP contribution in [0.5, 0.6) is 0 Å². The Hall–Kier alpha value is -8.19. The van der Waals surface area contributed by atoms with Gasteiger partial charge in [-0.1, -0.05) is 164 Å². The normalized spacial score (nSPS) is 12.9. The van der Waals surface area contributed by atoms with Gasteiger partial charge in [-0.15, -0.1) is 11.3 Å². The number of thiophene rings is 1. The molecule has 0 amide bonds. The number of fused-ring (bicyclic) bond motifs is 10. The molecule has 9 aromatic carbocycles. The summed E-state index contributed by atoms with van der Waals surface area (Å²) in [6.07, 6.45) is 0. The predicted octanol–water partition coefficient (Wildman–Crippen LogP) is 15.6. The van der Waals surface area contributed by atoms with Crippen molar-refractivity contribution in [1.29, 1.82) is 0 Å². The molecule has 13 aromatic rings. The molecule has 0 fully saturated rings. The Morgan fingerprint density at radius 3 is 1.92 bits per heavy atom. The molecule has 0 saturated heterocycles. The molecule has 5 nitrogen and oxygen atoms in total. The van der Waals surface area contributed by atoms with Crippen LogP contribution in [0.15, 0.2) is 211 Å². The molecule has 63 heavy (non-hydrogen) atoms. The SMILES string of the molecule is [2H]c1c([2H])c([2H])c(-c2nc(-c3ccccc3)nc(-c3cc(-n4c5ccccc5c5ccc6oc7ccccc7c6c54)cc4c3sc3c(-c5cccc(-c6ccccc6)c5)cccc34)n2)c([2H])c1[2H]. The first-order valence-corrected chi connectivity index (χ1v) is 21.5. The topological polar surface area (TPSA) is 56.7 Å². The van der Waals surface area contributed by atoms with E-state index < -0.39 is 30.2 Å². The maximum absolute atomic E-state index is 9.01. The van der Waals surface area contributed by atoms with Gasteiger partial charge in [0, 0.05) is 58.7 Å². The molecule has 0 bridgehead atoms. The number of hydrogen-bond donors (Lipinski definition) is 0. The van der Waals surface area contributed by atoms with Crippen molar-refractivity contribution >= 4 is 75.3 Å². The summed E-state index contributed by atoms with van der Waals surface area (Å²) in [5.41, 5.74) is 10.1. The molecular formula is C57H34N4OS. The summed E-state index contributed by atoms with van der Waals surface area (Å²) in [5.74, 6) is 0.581. The lowest BCUT2D eigenvalue weighted by Gasteiger charge is -2.13. The second kappa shape index (κ2) is 14.2. The lowest BCUT2D eigenvalue weighted by atomic mass is 9.97. The molecule has 0 aliphatic heterocycles. The lowest BCUT2D eigenvalue weighted by molar-refractivity contribution is 0.669. The number of furan rings is 1. The summed E-state index contributed by atoms with van der Waals surface area (Å²) in [6.45, 7) is 0. The quantitative estimate of drug-likeness (QED) is 0.168. The van der Waals surface area contributed by atoms with E-state index in [2.05, 4.69) is 126 Å². The van der Waals surface area contributed by atoms with Crippen LogP contribution in [0.1, 0.15) is 6.85 Å². The van der Waals surface area contributed by atoms with E-state index in [-0.39, 0.29) is 11.4 Å². The zero-order valence-corrected chi connectivity index (χ0v) is 34.2. The van der Waals surface area contributed by atoms with E-state index in [1.54, 1.807) is 11.3 Å². The summed E-state index contributed by atoms with van der Waals surface area (Å²) >= 11 is 1.66. The van der Waals surface area contributed by atoms with Gasteiger partial charge in [-0.25, -0.2) is 15.0 Å². The van der Waals surface area contributed by atoms with Crippen molar-refractivity contribution in [3.63, 3.8) is 0 Å². The van der Waals surface area contributed by atoms with E-state index in [1.165, 1.54) is 0 Å². The molecule has 4 heterocycles. The molecule has 294 valence electrons. The third-order valence-corrected chi connectivity index (χ3v) is 13.2. The second-order valence-electron chi connectivity index (χ2n) is 15.6. The molecule has 6 heteroatoms. The minimum absolute atomic E-state index is 0.0210. The van der Waals surface area contributed by atoms with Crippen molar-refractivity contribution in [2.24, 2.45) is 0 Å². The summed E-state index contributed by atoms with van der Waals surface area (Å²) in [4.78, 5) is 15.2. The van der Waals surface area contributed by atoms with Gasteiger partial charge in [0.05, 0.1) is 23.3 Å². The number of rotatable bonds is 6. The predicted molar refractivity (Wildman–Crippen MR) is 262 cm³/mol. The van der Waals surface area contributed by atoms with E-state index in [9.17, 15) is 0 Å². The van der Waals surface area contributed by atoms with Gasteiger partial charge in [0.15, 0.2) is 17.5 Å². The van der Waals surface area contributed by atoms with Gasteiger partial charge >= 0.3 is 0 Å². The average molecular weight is 828 g/mol. The molecule has 0 spiro atoms. The zero-order valence-electron chi connectivity index (χ0n) is 38.3. The van der Waals surface area contributed by atoms with Crippen molar-refractivity contribution < 1.29 is 11.3 Å². The smallest absolute Gasteiger partial charge is 0.165 e. The van der Waals surface area contributed by atoms with E-state index in [1.807, 2.05) is 54.6 Å². The van der Waals surface area contributed by atoms with Gasteiger partial charge in [0.1, 0.15) is 11.2 Å². The van der Waals surface area contributed by atoms with Gasteiger partial charge in [-0.2, -0.15) is 0 Å². The van der Waals surface area contributed by atoms with Crippen LogP contribution in [0.2, 0.25) is 0 Å². The lowest BCUT2D eigenvalue weighted by Crippen LogP contribution is -2.01. The van der Waals surface area contributed by atoms with Crippen molar-refractivity contribution in [2.75, 3.05) is 0 Å². The van der Waals surface area contributed by atoms with Crippen LogP contribution in [0, 0.1) is 0 Å². The molecule has 13 rings (SSSR count). The van der Waals surface area contributed by atoms with Crippen molar-refractivity contribution in [3.05, 3.63) is 206 Å². The minimum atomic E-state index is -0.489. The highest BCUT2D eigenvalue weighted by atomic mass is 32.1. The molecule has 0 saturated carbocycles. The van der Waals surface area contributed by atoms with E-state index in [0.717, 1.165) is 91.9 Å². The molecule has 0 atom stereocenters. The number of benzene rings is 9. The van der Waals surface area contributed by atoms with Crippen molar-refractivity contribution in [3.8, 4) is 62.1 Å². The maximum Gasteiger partial charge on any atom is 0.165 e. The third kappa shape index (κ3) is 5.73. The molecular weight excluding hydrogens is 789 g/mol. The summed E-state index contributed by atoms with van der Waals surface area (Å²) in [7, 11) is 0. The molecule has 4 aromatic heterocycles. The Labute approximate surface area is 372 Å². The number of para-hydroxylation sites is 2. The highest BCUT2D eigenvalue weighted by Gasteiger charge is 2.24. The van der Waals surface area contributed by atoms with Crippen molar-refractivity contribution in [2.45, 2.75) is 0 Å². The van der Waals surface area contributed by atoms with Crippen LogP contribution >= 0.6 is 11.3 Å². The van der Waals surface area contributed by atoms with Crippen LogP contribution in [0.25, 0.3) is 126 Å². The van der Waals surface area contributed by atoms with Gasteiger partial charge in [-0.3, -0.25) is 0 Å². The first-order valence-electron chi connectivity index (χ1n) is 23.2. The molecule has 0 unspecified atom stereocenters. The molecule has 0 N–H and O–H groups in total. The summed E-state index contributed by atoms with van der Waals surface area (Å²) < 4.78 is 54.4. The Morgan fingerprint density at radius 2 is 1.08 bits per heavy atom. The monoisotopic (exact) mass is 827 g/mol. The Balaban J connectivity index is 1.16. The number of aromatic nitrogens is 4. The zero-order chi connectivity index (χ0) is 45.8. The highest BCUT2D eigenvalue weighted by molar-refractivity contribution is 7.26. The fourth-order valence-electron chi connectivity index (χ4n) is 9.12. The first-order chi connectivity index (χ1) is 33.3. The van der Waals surface area contributed by atoms with E-state index in [0.29, 0.717) is 22.8 Å². The minimum Gasteiger partial charge on any atom is -0.456 e. The average Bonchev–Trinajstić information content (AvgIpc) is 4.07. The number of hydrogen-bond acceptors (Lipinski definition) is 5. The van der Waals surface area contributed by atoms with Crippen LogP contribution in [0.3, 0.4) is 0 Å². The van der Waals surface area contributed by atoms with Crippen LogP contribution < -0.4 is 0 Å². The fourth-order valence-corrected chi connectivity index (χ4v) is 10.5. The molecule has 0 aliphatic rings. The van der Waals surface area contributed by atoms with E-state index >= 15 is 0 Å². The van der Waals surface area contributed by atoms with Crippen LogP contribution in [-0.4, -0.2) is 19.5 Å². The van der Waals surface area contributed by atoms with Gasteiger partial charge < -0.3 is 8.98 Å². The summed E-state index contributed by atoms with van der Waals surface area (Å²) in [5, 5.41) is 6.21. The van der Waals surface area contributed by atoms with Crippen LogP contribution in [0.4, 0.5) is 0 Å². The van der Waals surface area contributed by atoms with E-state index in [4.69, 9.17) is 26.2 Å². The number of nitrogens with zero attached hydrogens (tertiary/aromatic N) is 4. The Kier molecular flexibility index (Phi) is 6.94. The maximum atomic E-state index is 9.01. The summed E-state index contributed by atoms with van der Waals surface area (Å²) in [6, 6.07) is 57.9. The highest BCUT2D eigenvalue weighted by Crippen LogP contribution is 2.47. The van der Waals surface area contributed by atoms with Gasteiger partial charge in [0.2, 0.25) is 0 Å².